The quantitative estimate of drug-likeness (QED) is 0.0427. The number of thiazole rings is 1. The van der Waals surface area contributed by atoms with Crippen molar-refractivity contribution in [3.63, 3.8) is 0 Å². The number of carbonyl (C=O) groups is 5. The van der Waals surface area contributed by atoms with E-state index in [0.717, 1.165) is 59.5 Å². The molecule has 4 heterocycles. The number of rotatable bonds is 25. The zero-order valence-corrected chi connectivity index (χ0v) is 56.2. The molecule has 0 radical (unpaired) electrons. The van der Waals surface area contributed by atoms with Gasteiger partial charge in [0.1, 0.15) is 29.6 Å². The van der Waals surface area contributed by atoms with E-state index in [1.807, 2.05) is 85.7 Å². The Morgan fingerprint density at radius 1 is 0.711 bits per heavy atom. The number of piperidine rings is 2. The summed E-state index contributed by atoms with van der Waals surface area (Å²) in [6, 6.07) is 31.6. The summed E-state index contributed by atoms with van der Waals surface area (Å²) in [6.45, 7) is 6.50. The first kappa shape index (κ1) is 71.8. The van der Waals surface area contributed by atoms with Crippen molar-refractivity contribution < 1.29 is 69.3 Å². The average molecular weight is 1370 g/mol. The van der Waals surface area contributed by atoms with Crippen molar-refractivity contribution in [2.24, 2.45) is 0 Å². The molecule has 0 bridgehead atoms. The molecule has 1 N–H and O–H groups in total. The van der Waals surface area contributed by atoms with Crippen LogP contribution in [0.1, 0.15) is 111 Å². The smallest absolute Gasteiger partial charge is 0.416 e. The number of alkyl halides is 6. The fraction of sp³-hybridized carbons (Fsp3) is 0.472. The number of likely N-dealkylation sites (N-methyl/N-ethyl adjacent to an activating group) is 3. The van der Waals surface area contributed by atoms with E-state index in [9.17, 15) is 59.8 Å². The van der Waals surface area contributed by atoms with Gasteiger partial charge in [-0.3, -0.25) is 24.1 Å². The Morgan fingerprint density at radius 3 is 2.02 bits per heavy atom. The van der Waals surface area contributed by atoms with Crippen molar-refractivity contribution in [1.29, 1.82) is 0 Å². The highest BCUT2D eigenvalue weighted by molar-refractivity contribution is 7.17. The molecule has 6 aromatic rings. The molecule has 3 saturated heterocycles. The number of benzene rings is 5. The molecule has 5 amide bonds. The number of likely N-dealkylation sites (tertiary alicyclic amines) is 2. The van der Waals surface area contributed by atoms with Crippen LogP contribution < -0.4 is 9.80 Å². The molecule has 10 rings (SSSR count). The van der Waals surface area contributed by atoms with Crippen LogP contribution in [0, 0.1) is 12.7 Å². The van der Waals surface area contributed by atoms with Crippen LogP contribution in [0.25, 0.3) is 11.1 Å². The Bertz CT molecular complexity index is 3700. The summed E-state index contributed by atoms with van der Waals surface area (Å²) in [5.41, 5.74) is 0.166. The fourth-order valence-corrected chi connectivity index (χ4v) is 15.0. The summed E-state index contributed by atoms with van der Waals surface area (Å²) in [7, 11) is 7.14. The molecule has 2 atom stereocenters. The lowest BCUT2D eigenvalue weighted by Gasteiger charge is -2.44. The molecular formula is C72H84F7N9O8S. The lowest BCUT2D eigenvalue weighted by molar-refractivity contribution is -0.143. The third kappa shape index (κ3) is 17.0. The molecule has 3 fully saturated rings. The molecule has 25 heteroatoms. The van der Waals surface area contributed by atoms with Gasteiger partial charge in [0.2, 0.25) is 11.8 Å². The molecule has 17 nitrogen and oxygen atoms in total. The Morgan fingerprint density at radius 2 is 1.34 bits per heavy atom. The number of nitrogens with zero attached hydrogens (tertiary/aromatic N) is 9. The van der Waals surface area contributed by atoms with Gasteiger partial charge in [0.15, 0.2) is 5.13 Å². The van der Waals surface area contributed by atoms with Crippen LogP contribution in [0.4, 0.5) is 46.3 Å². The molecule has 1 spiro atoms. The van der Waals surface area contributed by atoms with Gasteiger partial charge in [0, 0.05) is 110 Å². The van der Waals surface area contributed by atoms with Gasteiger partial charge < -0.3 is 48.9 Å². The number of carboxylic acid groups (broad SMARTS) is 1. The van der Waals surface area contributed by atoms with Crippen molar-refractivity contribution in [2.45, 2.75) is 107 Å². The lowest BCUT2D eigenvalue weighted by atomic mass is 9.72. The molecule has 1 aromatic heterocycles. The normalized spacial score (nSPS) is 18.3. The number of aryl methyl sites for hydroxylation is 1. The van der Waals surface area contributed by atoms with Crippen LogP contribution >= 0.6 is 11.3 Å². The predicted octanol–water partition coefficient (Wildman–Crippen LogP) is 12.3. The van der Waals surface area contributed by atoms with Crippen molar-refractivity contribution in [3.05, 3.63) is 171 Å². The minimum atomic E-state index is -5.15. The van der Waals surface area contributed by atoms with Crippen LogP contribution in [0.3, 0.4) is 0 Å². The van der Waals surface area contributed by atoms with Crippen LogP contribution in [-0.2, 0) is 48.9 Å². The van der Waals surface area contributed by atoms with Crippen LogP contribution in [-0.4, -0.2) is 195 Å². The Hall–Kier alpha value is -7.97. The highest BCUT2D eigenvalue weighted by atomic mass is 32.1. The number of ether oxygens (including phenoxy) is 2. The number of fused-ring (bicyclic) bond motifs is 2. The number of hydrogen-bond donors (Lipinski definition) is 1. The maximum Gasteiger partial charge on any atom is 0.416 e. The number of para-hydroxylation sites is 1. The molecule has 5 aromatic carbocycles. The van der Waals surface area contributed by atoms with Crippen molar-refractivity contribution >= 4 is 51.9 Å². The van der Waals surface area contributed by atoms with Crippen LogP contribution in [0.2, 0.25) is 0 Å². The van der Waals surface area contributed by atoms with Crippen molar-refractivity contribution in [2.75, 3.05) is 123 Å². The number of hydrogen-bond acceptors (Lipinski definition) is 12. The molecule has 0 unspecified atom stereocenters. The van der Waals surface area contributed by atoms with Gasteiger partial charge in [0.05, 0.1) is 35.2 Å². The van der Waals surface area contributed by atoms with Crippen molar-refractivity contribution in [3.8, 4) is 11.1 Å². The highest BCUT2D eigenvalue weighted by Gasteiger charge is 2.50. The second-order valence-electron chi connectivity index (χ2n) is 26.1. The minimum absolute atomic E-state index is 0.0312. The maximum absolute atomic E-state index is 14.3. The fourth-order valence-electron chi connectivity index (χ4n) is 13.9. The van der Waals surface area contributed by atoms with Gasteiger partial charge >= 0.3 is 18.4 Å². The van der Waals surface area contributed by atoms with E-state index in [-0.39, 0.29) is 68.6 Å². The first-order valence-electron chi connectivity index (χ1n) is 33.0. The monoisotopic (exact) mass is 1370 g/mol. The lowest BCUT2D eigenvalue weighted by Crippen LogP contribution is -2.50. The van der Waals surface area contributed by atoms with Crippen LogP contribution in [0.5, 0.6) is 0 Å². The zero-order chi connectivity index (χ0) is 69.4. The summed E-state index contributed by atoms with van der Waals surface area (Å²) < 4.78 is 110. The molecular weight excluding hydrogens is 1280 g/mol. The molecule has 97 heavy (non-hydrogen) atoms. The van der Waals surface area contributed by atoms with E-state index < -0.39 is 64.6 Å². The Kier molecular flexibility index (Phi) is 22.8. The van der Waals surface area contributed by atoms with Gasteiger partial charge in [-0.2, -0.15) is 26.3 Å². The van der Waals surface area contributed by atoms with Gasteiger partial charge in [-0.15, -0.1) is 0 Å². The summed E-state index contributed by atoms with van der Waals surface area (Å²) in [5.74, 6) is -1.99. The minimum Gasteiger partial charge on any atom is -0.465 e. The number of halogens is 7. The second kappa shape index (κ2) is 30.8. The molecule has 4 aliphatic rings. The average Bonchev–Trinajstić information content (AvgIpc) is 1.61. The number of unbranched alkanes of at least 4 members (excludes halogenated alkanes) is 2. The van der Waals surface area contributed by atoms with Gasteiger partial charge in [-0.25, -0.2) is 14.2 Å². The number of amides is 5. The van der Waals surface area contributed by atoms with Gasteiger partial charge in [0.25, 0.3) is 11.8 Å². The van der Waals surface area contributed by atoms with E-state index in [4.69, 9.17) is 14.5 Å². The van der Waals surface area contributed by atoms with E-state index in [1.54, 1.807) is 35.7 Å². The summed E-state index contributed by atoms with van der Waals surface area (Å²) in [6.07, 6.45) is -5.27. The summed E-state index contributed by atoms with van der Waals surface area (Å²) in [4.78, 5) is 86.5. The first-order valence-corrected chi connectivity index (χ1v) is 33.8. The van der Waals surface area contributed by atoms with Gasteiger partial charge in [-0.1, -0.05) is 103 Å². The largest absolute Gasteiger partial charge is 0.465 e. The van der Waals surface area contributed by atoms with E-state index in [2.05, 4.69) is 21.9 Å². The Balaban J connectivity index is 0.643. The Labute approximate surface area is 565 Å². The molecule has 0 saturated carbocycles. The second-order valence-corrected chi connectivity index (χ2v) is 27.1. The third-order valence-electron chi connectivity index (χ3n) is 19.8. The van der Waals surface area contributed by atoms with E-state index in [1.165, 1.54) is 40.5 Å². The van der Waals surface area contributed by atoms with Crippen LogP contribution in [0.15, 0.2) is 121 Å². The highest BCUT2D eigenvalue weighted by Crippen LogP contribution is 2.49. The molecule has 1 aliphatic carbocycles. The molecule has 3 aliphatic heterocycles. The number of anilines is 2. The zero-order valence-electron chi connectivity index (χ0n) is 55.3. The summed E-state index contributed by atoms with van der Waals surface area (Å²) >= 11 is 1.32. The first-order chi connectivity index (χ1) is 46.2. The topological polar surface area (TPSA) is 163 Å². The standard InChI is InChI=1S/C72H84F7N9O8S/c1-49-64(97-67(80-49)84(5)32-15-7-10-22-62(89)81(2)40-41-85-33-27-57(28-34-85)88(68(93)94)60-21-14-12-19-58(60)50-16-8-6-9-17-50)66(92)83(4)39-38-82(3)63(90)46-95-61-44-51-18-11-13-20-59(51)69(61)29-35-86(36-30-69)37-31-70(53-23-25-56(73)26-24-53)47-87(48-96-70)65(91)52-42-54(71(74,75)76)45-55(43-52)72(77,78)79/h6,8-9,11-14,16-21,23-26,42-43,45,57,61H,7,10,15,22,27-41,44,46-48H2,1-5H3,(H,93,94)/t61-,70+/m0/s1. The van der Waals surface area contributed by atoms with E-state index in [0.29, 0.717) is 117 Å². The summed E-state index contributed by atoms with van der Waals surface area (Å²) in [5, 5.41) is 11.1. The SMILES string of the molecule is Cc1nc(N(C)CCCCCC(=O)N(C)CCN2CCC(N(C(=O)O)c3ccccc3-c3ccccc3)CC2)sc1C(=O)N(C)CCN(C)C(=O)CO[C@H]1Cc2ccccc2C12CCN(CC[C@]1(c3ccc(F)cc3)CN(C(=O)c3cc(C(F)(F)F)cc(C(F)(F)F)c3)CO1)CC2. The third-order valence-corrected chi connectivity index (χ3v) is 21.0. The number of aromatic nitrogens is 1. The predicted molar refractivity (Wildman–Crippen MR) is 356 cm³/mol. The number of carbonyl (C=O) groups excluding carboxylic acids is 4. The maximum atomic E-state index is 14.3. The van der Waals surface area contributed by atoms with E-state index >= 15 is 0 Å². The van der Waals surface area contributed by atoms with Crippen molar-refractivity contribution in [1.82, 2.24) is 34.4 Å². The molecule has 520 valence electrons. The van der Waals surface area contributed by atoms with Gasteiger partial charge in [-0.05, 0) is 130 Å².